The van der Waals surface area contributed by atoms with Crippen molar-refractivity contribution in [1.29, 1.82) is 0 Å². The van der Waals surface area contributed by atoms with Gasteiger partial charge >= 0.3 is 0 Å². The first kappa shape index (κ1) is 16.5. The third kappa shape index (κ3) is 3.58. The van der Waals surface area contributed by atoms with Gasteiger partial charge in [0.05, 0.1) is 10.9 Å². The van der Waals surface area contributed by atoms with Gasteiger partial charge in [0.1, 0.15) is 0 Å². The first-order valence-electron chi connectivity index (χ1n) is 8.49. The molecule has 23 heavy (non-hydrogen) atoms. The van der Waals surface area contributed by atoms with Crippen molar-refractivity contribution in [1.82, 2.24) is 15.1 Å². The van der Waals surface area contributed by atoms with Gasteiger partial charge in [-0.25, -0.2) is 0 Å². The molecule has 5 nitrogen and oxygen atoms in total. The minimum atomic E-state index is -0.0264. The normalized spacial score (nSPS) is 21.3. The van der Waals surface area contributed by atoms with E-state index in [9.17, 15) is 9.59 Å². The van der Waals surface area contributed by atoms with E-state index in [2.05, 4.69) is 10.2 Å². The molecule has 3 rings (SSSR count). The molecule has 0 aromatic carbocycles. The number of rotatable bonds is 4. The number of hydrogen-bond donors (Lipinski definition) is 1. The summed E-state index contributed by atoms with van der Waals surface area (Å²) in [6, 6.07) is 3.77. The van der Waals surface area contributed by atoms with Crippen LogP contribution < -0.4 is 5.32 Å². The molecule has 2 aliphatic rings. The van der Waals surface area contributed by atoms with E-state index >= 15 is 0 Å². The van der Waals surface area contributed by atoms with E-state index in [-0.39, 0.29) is 17.9 Å². The van der Waals surface area contributed by atoms with E-state index in [1.54, 1.807) is 7.05 Å². The highest BCUT2D eigenvalue weighted by Gasteiger charge is 2.36. The molecule has 2 fully saturated rings. The molecule has 1 N–H and O–H groups in total. The smallest absolute Gasteiger partial charge is 0.264 e. The van der Waals surface area contributed by atoms with Crippen molar-refractivity contribution in [3.63, 3.8) is 0 Å². The lowest BCUT2D eigenvalue weighted by Crippen LogP contribution is -2.57. The van der Waals surface area contributed by atoms with Crippen LogP contribution in [-0.4, -0.2) is 60.9 Å². The van der Waals surface area contributed by atoms with Crippen molar-refractivity contribution in [2.45, 2.75) is 31.7 Å². The van der Waals surface area contributed by atoms with Gasteiger partial charge in [-0.3, -0.25) is 14.5 Å². The van der Waals surface area contributed by atoms with E-state index in [1.165, 1.54) is 24.2 Å². The van der Waals surface area contributed by atoms with Gasteiger partial charge in [0.2, 0.25) is 5.91 Å². The van der Waals surface area contributed by atoms with Gasteiger partial charge in [0, 0.05) is 33.2 Å². The van der Waals surface area contributed by atoms with Crippen LogP contribution in [0.15, 0.2) is 17.5 Å². The van der Waals surface area contributed by atoms with Crippen LogP contribution in [0.1, 0.15) is 35.4 Å². The van der Waals surface area contributed by atoms with Gasteiger partial charge in [-0.15, -0.1) is 11.3 Å². The number of nitrogens with zero attached hydrogens (tertiary/aromatic N) is 2. The Hall–Kier alpha value is -1.40. The number of amides is 2. The summed E-state index contributed by atoms with van der Waals surface area (Å²) < 4.78 is 0. The molecule has 0 radical (unpaired) electrons. The minimum Gasteiger partial charge on any atom is -0.358 e. The molecule has 126 valence electrons. The molecule has 1 saturated carbocycles. The number of carbonyl (C=O) groups excluding carboxylic acids is 2. The van der Waals surface area contributed by atoms with Crippen LogP contribution in [0.5, 0.6) is 0 Å². The molecule has 1 atom stereocenters. The second-order valence-electron chi connectivity index (χ2n) is 6.41. The molecule has 1 aromatic rings. The molecular formula is C17H25N3O2S. The molecule has 0 bridgehead atoms. The molecule has 6 heteroatoms. The van der Waals surface area contributed by atoms with Crippen LogP contribution in [0, 0.1) is 5.92 Å². The Balaban J connectivity index is 1.62. The number of carbonyl (C=O) groups is 2. The number of thiophene rings is 1. The van der Waals surface area contributed by atoms with Gasteiger partial charge in [-0.05, 0) is 30.2 Å². The van der Waals surface area contributed by atoms with Crippen LogP contribution in [0.4, 0.5) is 0 Å². The molecule has 2 heterocycles. The zero-order chi connectivity index (χ0) is 16.2. The molecule has 1 aromatic heterocycles. The highest BCUT2D eigenvalue weighted by atomic mass is 32.1. The summed E-state index contributed by atoms with van der Waals surface area (Å²) in [7, 11) is 1.72. The van der Waals surface area contributed by atoms with Crippen LogP contribution in [0.2, 0.25) is 0 Å². The van der Waals surface area contributed by atoms with E-state index in [0.717, 1.165) is 30.8 Å². The maximum absolute atomic E-state index is 12.4. The monoisotopic (exact) mass is 335 g/mol. The van der Waals surface area contributed by atoms with Crippen LogP contribution in [-0.2, 0) is 4.79 Å². The van der Waals surface area contributed by atoms with Crippen molar-refractivity contribution < 1.29 is 9.59 Å². The Kier molecular flexibility index (Phi) is 5.33. The summed E-state index contributed by atoms with van der Waals surface area (Å²) in [5.74, 6) is 0.724. The lowest BCUT2D eigenvalue weighted by Gasteiger charge is -2.40. The maximum atomic E-state index is 12.4. The van der Waals surface area contributed by atoms with Crippen LogP contribution in [0.3, 0.4) is 0 Å². The van der Waals surface area contributed by atoms with Gasteiger partial charge in [-0.1, -0.05) is 18.9 Å². The Morgan fingerprint density at radius 2 is 1.91 bits per heavy atom. The third-order valence-corrected chi connectivity index (χ3v) is 5.95. The summed E-state index contributed by atoms with van der Waals surface area (Å²) in [6.45, 7) is 2.98. The predicted molar refractivity (Wildman–Crippen MR) is 91.6 cm³/mol. The highest BCUT2D eigenvalue weighted by Crippen LogP contribution is 2.31. The Morgan fingerprint density at radius 1 is 1.22 bits per heavy atom. The van der Waals surface area contributed by atoms with Crippen LogP contribution in [0.25, 0.3) is 0 Å². The fourth-order valence-corrected chi connectivity index (χ4v) is 4.55. The Bertz CT molecular complexity index is 532. The number of piperazine rings is 1. The van der Waals surface area contributed by atoms with Crippen LogP contribution >= 0.6 is 11.3 Å². The van der Waals surface area contributed by atoms with Gasteiger partial charge in [0.25, 0.3) is 5.91 Å². The zero-order valence-corrected chi connectivity index (χ0v) is 14.5. The second kappa shape index (κ2) is 7.45. The number of nitrogens with one attached hydrogen (secondary N) is 1. The summed E-state index contributed by atoms with van der Waals surface area (Å²) in [4.78, 5) is 29.8. The first-order valence-corrected chi connectivity index (χ1v) is 9.37. The lowest BCUT2D eigenvalue weighted by atomic mass is 9.95. The number of likely N-dealkylation sites (N-methyl/N-ethyl adjacent to an activating group) is 1. The SMILES string of the molecule is CNC(=O)C(C1CCCC1)N1CCN(C(=O)c2cccs2)CC1. The maximum Gasteiger partial charge on any atom is 0.264 e. The van der Waals surface area contributed by atoms with E-state index in [1.807, 2.05) is 22.4 Å². The standard InChI is InChI=1S/C17H25N3O2S/c1-18-16(21)15(13-5-2-3-6-13)19-8-10-20(11-9-19)17(22)14-7-4-12-23-14/h4,7,12-13,15H,2-3,5-6,8-11H2,1H3,(H,18,21). The average Bonchev–Trinajstić information content (AvgIpc) is 3.28. The molecular weight excluding hydrogens is 310 g/mol. The van der Waals surface area contributed by atoms with E-state index < -0.39 is 0 Å². The largest absolute Gasteiger partial charge is 0.358 e. The fraction of sp³-hybridized carbons (Fsp3) is 0.647. The molecule has 1 aliphatic carbocycles. The van der Waals surface area contributed by atoms with E-state index in [4.69, 9.17) is 0 Å². The van der Waals surface area contributed by atoms with Crippen molar-refractivity contribution in [2.75, 3.05) is 33.2 Å². The Morgan fingerprint density at radius 3 is 2.48 bits per heavy atom. The molecule has 2 amide bonds. The molecule has 0 spiro atoms. The first-order chi connectivity index (χ1) is 11.2. The molecule has 1 unspecified atom stereocenters. The summed E-state index contributed by atoms with van der Waals surface area (Å²) in [6.07, 6.45) is 4.75. The zero-order valence-electron chi connectivity index (χ0n) is 13.7. The fourth-order valence-electron chi connectivity index (χ4n) is 3.86. The van der Waals surface area contributed by atoms with Gasteiger partial charge in [-0.2, -0.15) is 0 Å². The summed E-state index contributed by atoms with van der Waals surface area (Å²) in [5, 5.41) is 4.77. The predicted octanol–water partition coefficient (Wildman–Crippen LogP) is 1.81. The van der Waals surface area contributed by atoms with Crippen molar-refractivity contribution in [3.05, 3.63) is 22.4 Å². The van der Waals surface area contributed by atoms with E-state index in [0.29, 0.717) is 19.0 Å². The lowest BCUT2D eigenvalue weighted by molar-refractivity contribution is -0.128. The highest BCUT2D eigenvalue weighted by molar-refractivity contribution is 7.12. The molecule has 1 saturated heterocycles. The molecule has 1 aliphatic heterocycles. The van der Waals surface area contributed by atoms with Gasteiger partial charge < -0.3 is 10.2 Å². The van der Waals surface area contributed by atoms with Crippen molar-refractivity contribution in [3.8, 4) is 0 Å². The second-order valence-corrected chi connectivity index (χ2v) is 7.36. The summed E-state index contributed by atoms with van der Waals surface area (Å²) >= 11 is 1.49. The number of hydrogen-bond acceptors (Lipinski definition) is 4. The van der Waals surface area contributed by atoms with Gasteiger partial charge in [0.15, 0.2) is 0 Å². The Labute approximate surface area is 141 Å². The van der Waals surface area contributed by atoms with Crippen molar-refractivity contribution >= 4 is 23.2 Å². The quantitative estimate of drug-likeness (QED) is 0.913. The topological polar surface area (TPSA) is 52.7 Å². The minimum absolute atomic E-state index is 0.0264. The van der Waals surface area contributed by atoms with Crippen molar-refractivity contribution in [2.24, 2.45) is 5.92 Å². The third-order valence-electron chi connectivity index (χ3n) is 5.09. The average molecular weight is 335 g/mol. The summed E-state index contributed by atoms with van der Waals surface area (Å²) in [5.41, 5.74) is 0.